The van der Waals surface area contributed by atoms with Gasteiger partial charge in [0.25, 0.3) is 0 Å². The molecule has 1 atom stereocenters. The average molecular weight is 239 g/mol. The van der Waals surface area contributed by atoms with Crippen molar-refractivity contribution in [1.29, 1.82) is 0 Å². The van der Waals surface area contributed by atoms with Crippen molar-refractivity contribution in [2.24, 2.45) is 5.73 Å². The smallest absolute Gasteiger partial charge is 0.326 e. The summed E-state index contributed by atoms with van der Waals surface area (Å²) in [6.07, 6.45) is 0. The molecule has 0 spiro atoms. The molecule has 0 radical (unpaired) electrons. The Morgan fingerprint density at radius 1 is 1.35 bits per heavy atom. The highest BCUT2D eigenvalue weighted by molar-refractivity contribution is 5.75. The Labute approximate surface area is 100 Å². The van der Waals surface area contributed by atoms with Gasteiger partial charge in [0.2, 0.25) is 0 Å². The van der Waals surface area contributed by atoms with Gasteiger partial charge < -0.3 is 19.9 Å². The molecule has 0 bridgehead atoms. The standard InChI is InChI=1S/C12H17NO4/c1-3-16-9-5-4-6-10(7-9)17-8-11(13)12(14)15-2/h4-7,11H,3,8,13H2,1-2H3. The largest absolute Gasteiger partial charge is 0.494 e. The van der Waals surface area contributed by atoms with Gasteiger partial charge in [0.1, 0.15) is 24.1 Å². The van der Waals surface area contributed by atoms with Gasteiger partial charge in [-0.2, -0.15) is 0 Å². The zero-order valence-corrected chi connectivity index (χ0v) is 10.0. The summed E-state index contributed by atoms with van der Waals surface area (Å²) in [5.41, 5.74) is 5.54. The number of hydrogen-bond acceptors (Lipinski definition) is 5. The van der Waals surface area contributed by atoms with Crippen LogP contribution in [-0.4, -0.2) is 32.3 Å². The predicted octanol–water partition coefficient (Wildman–Crippen LogP) is 0.964. The first-order valence-corrected chi connectivity index (χ1v) is 5.36. The number of nitrogens with two attached hydrogens (primary N) is 1. The van der Waals surface area contributed by atoms with Crippen molar-refractivity contribution in [3.8, 4) is 11.5 Å². The molecule has 1 aromatic rings. The highest BCUT2D eigenvalue weighted by Gasteiger charge is 2.14. The number of carbonyl (C=O) groups excluding carboxylic acids is 1. The molecule has 0 aliphatic rings. The lowest BCUT2D eigenvalue weighted by Crippen LogP contribution is -2.37. The minimum absolute atomic E-state index is 0.0717. The Bertz CT molecular complexity index is 367. The van der Waals surface area contributed by atoms with Crippen LogP contribution in [0.15, 0.2) is 24.3 Å². The second-order valence-electron chi connectivity index (χ2n) is 3.35. The molecule has 0 heterocycles. The first-order chi connectivity index (χ1) is 8.17. The molecule has 0 saturated carbocycles. The van der Waals surface area contributed by atoms with Gasteiger partial charge in [0, 0.05) is 6.07 Å². The molecule has 0 aliphatic heterocycles. The van der Waals surface area contributed by atoms with Gasteiger partial charge in [0.05, 0.1) is 13.7 Å². The molecule has 1 unspecified atom stereocenters. The fraction of sp³-hybridized carbons (Fsp3) is 0.417. The van der Waals surface area contributed by atoms with Gasteiger partial charge >= 0.3 is 5.97 Å². The summed E-state index contributed by atoms with van der Waals surface area (Å²) >= 11 is 0. The summed E-state index contributed by atoms with van der Waals surface area (Å²) < 4.78 is 15.2. The van der Waals surface area contributed by atoms with Gasteiger partial charge in [-0.1, -0.05) is 6.07 Å². The van der Waals surface area contributed by atoms with Crippen molar-refractivity contribution in [2.45, 2.75) is 13.0 Å². The zero-order valence-electron chi connectivity index (χ0n) is 10.0. The maximum Gasteiger partial charge on any atom is 0.326 e. The summed E-state index contributed by atoms with van der Waals surface area (Å²) in [4.78, 5) is 11.1. The monoisotopic (exact) mass is 239 g/mol. The van der Waals surface area contributed by atoms with Crippen LogP contribution in [0, 0.1) is 0 Å². The number of esters is 1. The Morgan fingerprint density at radius 3 is 2.59 bits per heavy atom. The molecule has 0 aliphatic carbocycles. The van der Waals surface area contributed by atoms with Crippen molar-refractivity contribution in [1.82, 2.24) is 0 Å². The van der Waals surface area contributed by atoms with E-state index in [1.54, 1.807) is 12.1 Å². The predicted molar refractivity (Wildman–Crippen MR) is 63.1 cm³/mol. The molecular weight excluding hydrogens is 222 g/mol. The highest BCUT2D eigenvalue weighted by atomic mass is 16.5. The number of rotatable bonds is 6. The molecule has 5 heteroatoms. The van der Waals surface area contributed by atoms with Crippen molar-refractivity contribution < 1.29 is 19.0 Å². The number of methoxy groups -OCH3 is 1. The van der Waals surface area contributed by atoms with Crippen LogP contribution in [0.3, 0.4) is 0 Å². The summed E-state index contributed by atoms with van der Waals surface area (Å²) in [7, 11) is 1.29. The van der Waals surface area contributed by atoms with Crippen molar-refractivity contribution in [3.63, 3.8) is 0 Å². The molecule has 2 N–H and O–H groups in total. The lowest BCUT2D eigenvalue weighted by Gasteiger charge is -2.12. The molecule has 1 aromatic carbocycles. The van der Waals surface area contributed by atoms with E-state index in [4.69, 9.17) is 15.2 Å². The summed E-state index contributed by atoms with van der Waals surface area (Å²) in [6.45, 7) is 2.56. The minimum Gasteiger partial charge on any atom is -0.494 e. The molecule has 0 amide bonds. The molecule has 0 aromatic heterocycles. The first kappa shape index (κ1) is 13.3. The van der Waals surface area contributed by atoms with E-state index in [0.717, 1.165) is 5.75 Å². The Hall–Kier alpha value is -1.75. The minimum atomic E-state index is -0.782. The number of carbonyl (C=O) groups is 1. The normalized spacial score (nSPS) is 11.7. The summed E-state index contributed by atoms with van der Waals surface area (Å²) in [6, 6.07) is 6.37. The van der Waals surface area contributed by atoms with E-state index >= 15 is 0 Å². The van der Waals surface area contributed by atoms with Crippen LogP contribution in [0.5, 0.6) is 11.5 Å². The molecule has 0 saturated heterocycles. The third kappa shape index (κ3) is 4.32. The molecule has 0 fully saturated rings. The van der Waals surface area contributed by atoms with E-state index in [-0.39, 0.29) is 6.61 Å². The molecule has 17 heavy (non-hydrogen) atoms. The van der Waals surface area contributed by atoms with E-state index in [1.165, 1.54) is 7.11 Å². The van der Waals surface area contributed by atoms with Crippen molar-refractivity contribution in [3.05, 3.63) is 24.3 Å². The van der Waals surface area contributed by atoms with Crippen LogP contribution in [0.1, 0.15) is 6.92 Å². The fourth-order valence-electron chi connectivity index (χ4n) is 1.23. The topological polar surface area (TPSA) is 70.8 Å². The second kappa shape index (κ2) is 6.75. The van der Waals surface area contributed by atoms with Gasteiger partial charge in [0.15, 0.2) is 0 Å². The van der Waals surface area contributed by atoms with E-state index in [9.17, 15) is 4.79 Å². The van der Waals surface area contributed by atoms with E-state index < -0.39 is 12.0 Å². The van der Waals surface area contributed by atoms with Gasteiger partial charge in [-0.3, -0.25) is 4.79 Å². The average Bonchev–Trinajstić information content (AvgIpc) is 2.36. The van der Waals surface area contributed by atoms with Crippen LogP contribution < -0.4 is 15.2 Å². The van der Waals surface area contributed by atoms with E-state index in [2.05, 4.69) is 4.74 Å². The lowest BCUT2D eigenvalue weighted by molar-refractivity contribution is -0.142. The van der Waals surface area contributed by atoms with Crippen LogP contribution in [0.25, 0.3) is 0 Å². The first-order valence-electron chi connectivity index (χ1n) is 5.36. The number of benzene rings is 1. The van der Waals surface area contributed by atoms with Crippen molar-refractivity contribution >= 4 is 5.97 Å². The quantitative estimate of drug-likeness (QED) is 0.749. The number of ether oxygens (including phenoxy) is 3. The summed E-state index contributed by atoms with van der Waals surface area (Å²) in [5.74, 6) is 0.831. The number of hydrogen-bond donors (Lipinski definition) is 1. The third-order valence-electron chi connectivity index (χ3n) is 2.05. The maximum atomic E-state index is 11.1. The fourth-order valence-corrected chi connectivity index (χ4v) is 1.23. The Balaban J connectivity index is 2.51. The molecule has 1 rings (SSSR count). The van der Waals surface area contributed by atoms with Crippen LogP contribution in [0.2, 0.25) is 0 Å². The SMILES string of the molecule is CCOc1cccc(OCC(N)C(=O)OC)c1. The van der Waals surface area contributed by atoms with E-state index in [1.807, 2.05) is 19.1 Å². The summed E-state index contributed by atoms with van der Waals surface area (Å²) in [5, 5.41) is 0. The molecule has 5 nitrogen and oxygen atoms in total. The van der Waals surface area contributed by atoms with Gasteiger partial charge in [-0.15, -0.1) is 0 Å². The zero-order chi connectivity index (χ0) is 12.7. The van der Waals surface area contributed by atoms with Gasteiger partial charge in [-0.25, -0.2) is 0 Å². The van der Waals surface area contributed by atoms with Gasteiger partial charge in [-0.05, 0) is 19.1 Å². The second-order valence-corrected chi connectivity index (χ2v) is 3.35. The molecular formula is C12H17NO4. The highest BCUT2D eigenvalue weighted by Crippen LogP contribution is 2.19. The lowest BCUT2D eigenvalue weighted by atomic mass is 10.3. The maximum absolute atomic E-state index is 11.1. The third-order valence-corrected chi connectivity index (χ3v) is 2.05. The van der Waals surface area contributed by atoms with E-state index in [0.29, 0.717) is 12.4 Å². The van der Waals surface area contributed by atoms with Crippen molar-refractivity contribution in [2.75, 3.05) is 20.3 Å². The molecule has 94 valence electrons. The van der Waals surface area contributed by atoms with Crippen LogP contribution in [-0.2, 0) is 9.53 Å². The van der Waals surface area contributed by atoms with Crippen LogP contribution >= 0.6 is 0 Å². The Morgan fingerprint density at radius 2 is 2.00 bits per heavy atom. The van der Waals surface area contributed by atoms with Crippen LogP contribution in [0.4, 0.5) is 0 Å². The Kier molecular flexibility index (Phi) is 5.29.